The smallest absolute Gasteiger partial charge is 0.282 e. The number of hydrogen-bond donors (Lipinski definition) is 1. The minimum atomic E-state index is -4.18. The van der Waals surface area contributed by atoms with Gasteiger partial charge in [0.1, 0.15) is 4.90 Å². The molecule has 2 aromatic carbocycles. The molecule has 0 unspecified atom stereocenters. The topological polar surface area (TPSA) is 54.4 Å². The number of hydrogen-bond acceptors (Lipinski definition) is 2. The van der Waals surface area contributed by atoms with Crippen LogP contribution in [0.25, 0.3) is 10.8 Å². The monoisotopic (exact) mass is 334 g/mol. The minimum Gasteiger partial charge on any atom is -0.282 e. The van der Waals surface area contributed by atoms with Gasteiger partial charge in [0.05, 0.1) is 0 Å². The Morgan fingerprint density at radius 2 is 1.61 bits per heavy atom. The van der Waals surface area contributed by atoms with Crippen molar-refractivity contribution in [2.45, 2.75) is 63.2 Å². The lowest BCUT2D eigenvalue weighted by atomic mass is 10.0. The lowest BCUT2D eigenvalue weighted by molar-refractivity contribution is 0.484. The van der Waals surface area contributed by atoms with Gasteiger partial charge >= 0.3 is 0 Å². The molecule has 2 aromatic rings. The molecule has 0 heterocycles. The van der Waals surface area contributed by atoms with Crippen molar-refractivity contribution in [3.63, 3.8) is 0 Å². The summed E-state index contributed by atoms with van der Waals surface area (Å²) in [6.45, 7) is 2.22. The lowest BCUT2D eigenvalue weighted by Crippen LogP contribution is -1.99. The van der Waals surface area contributed by atoms with Crippen molar-refractivity contribution in [3.05, 3.63) is 42.0 Å². The van der Waals surface area contributed by atoms with E-state index in [9.17, 15) is 13.0 Å². The van der Waals surface area contributed by atoms with Gasteiger partial charge < -0.3 is 0 Å². The fourth-order valence-corrected chi connectivity index (χ4v) is 3.66. The van der Waals surface area contributed by atoms with Gasteiger partial charge in [0, 0.05) is 5.39 Å². The zero-order chi connectivity index (χ0) is 16.7. The van der Waals surface area contributed by atoms with E-state index in [1.807, 2.05) is 24.3 Å². The van der Waals surface area contributed by atoms with Gasteiger partial charge in [-0.05, 0) is 35.9 Å². The van der Waals surface area contributed by atoms with Crippen LogP contribution < -0.4 is 0 Å². The summed E-state index contributed by atoms with van der Waals surface area (Å²) in [5.74, 6) is 0. The number of unbranched alkanes of at least 4 members (excludes halogenated alkanes) is 6. The Bertz CT molecular complexity index is 735. The predicted octanol–water partition coefficient (Wildman–Crippen LogP) is 5.38. The Kier molecular flexibility index (Phi) is 6.60. The van der Waals surface area contributed by atoms with E-state index in [1.165, 1.54) is 44.6 Å². The first-order valence-corrected chi connectivity index (χ1v) is 9.95. The number of benzene rings is 2. The summed E-state index contributed by atoms with van der Waals surface area (Å²) >= 11 is 0. The molecule has 0 aliphatic carbocycles. The maximum Gasteiger partial charge on any atom is 0.295 e. The molecule has 0 saturated carbocycles. The van der Waals surface area contributed by atoms with Crippen molar-refractivity contribution < 1.29 is 13.0 Å². The third kappa shape index (κ3) is 5.33. The molecule has 126 valence electrons. The number of fused-ring (bicyclic) bond motifs is 1. The molecule has 0 aliphatic rings. The zero-order valence-corrected chi connectivity index (χ0v) is 14.6. The highest BCUT2D eigenvalue weighted by Gasteiger charge is 2.13. The molecule has 3 nitrogen and oxygen atoms in total. The highest BCUT2D eigenvalue weighted by molar-refractivity contribution is 7.86. The quantitative estimate of drug-likeness (QED) is 0.495. The van der Waals surface area contributed by atoms with E-state index in [2.05, 4.69) is 6.92 Å². The molecule has 0 spiro atoms. The van der Waals surface area contributed by atoms with Crippen molar-refractivity contribution in [2.24, 2.45) is 0 Å². The molecule has 0 atom stereocenters. The maximum absolute atomic E-state index is 11.5. The van der Waals surface area contributed by atoms with Gasteiger partial charge in [0.2, 0.25) is 0 Å². The van der Waals surface area contributed by atoms with Crippen LogP contribution in [-0.2, 0) is 16.5 Å². The van der Waals surface area contributed by atoms with Gasteiger partial charge in [0.15, 0.2) is 0 Å². The van der Waals surface area contributed by atoms with Crippen LogP contribution in [-0.4, -0.2) is 13.0 Å². The Balaban J connectivity index is 2.00. The Hall–Kier alpha value is -1.39. The second-order valence-electron chi connectivity index (χ2n) is 6.16. The van der Waals surface area contributed by atoms with Crippen molar-refractivity contribution in [1.29, 1.82) is 0 Å². The van der Waals surface area contributed by atoms with E-state index in [-0.39, 0.29) is 4.90 Å². The highest BCUT2D eigenvalue weighted by Crippen LogP contribution is 2.25. The third-order valence-electron chi connectivity index (χ3n) is 4.25. The van der Waals surface area contributed by atoms with Crippen molar-refractivity contribution in [1.82, 2.24) is 0 Å². The van der Waals surface area contributed by atoms with E-state index in [0.29, 0.717) is 5.39 Å². The van der Waals surface area contributed by atoms with Crippen molar-refractivity contribution in [3.8, 4) is 0 Å². The van der Waals surface area contributed by atoms with Gasteiger partial charge in [-0.15, -0.1) is 0 Å². The zero-order valence-electron chi connectivity index (χ0n) is 13.8. The fourth-order valence-electron chi connectivity index (χ4n) is 2.96. The average molecular weight is 334 g/mol. The molecule has 0 bridgehead atoms. The fraction of sp³-hybridized carbons (Fsp3) is 0.474. The summed E-state index contributed by atoms with van der Waals surface area (Å²) < 4.78 is 32.4. The molecule has 4 heteroatoms. The van der Waals surface area contributed by atoms with E-state index in [4.69, 9.17) is 0 Å². The largest absolute Gasteiger partial charge is 0.295 e. The van der Waals surface area contributed by atoms with Crippen LogP contribution in [0.1, 0.15) is 57.4 Å². The molecule has 0 aliphatic heterocycles. The van der Waals surface area contributed by atoms with Gasteiger partial charge in [-0.2, -0.15) is 8.42 Å². The van der Waals surface area contributed by atoms with Crippen molar-refractivity contribution >= 4 is 20.9 Å². The van der Waals surface area contributed by atoms with Crippen LogP contribution in [0, 0.1) is 0 Å². The first kappa shape index (κ1) is 18.0. The van der Waals surface area contributed by atoms with E-state index in [1.54, 1.807) is 6.07 Å². The summed E-state index contributed by atoms with van der Waals surface area (Å²) in [5.41, 5.74) is 1.13. The molecule has 0 saturated heterocycles. The number of rotatable bonds is 9. The SMILES string of the molecule is CCCCCCCCCc1ccc2cccc(S(=O)(=O)O)c2c1. The molecule has 23 heavy (non-hydrogen) atoms. The predicted molar refractivity (Wildman–Crippen MR) is 95.5 cm³/mol. The average Bonchev–Trinajstić information content (AvgIpc) is 2.52. The second-order valence-corrected chi connectivity index (χ2v) is 7.55. The molecular weight excluding hydrogens is 308 g/mol. The van der Waals surface area contributed by atoms with Crippen molar-refractivity contribution in [2.75, 3.05) is 0 Å². The number of aryl methyl sites for hydroxylation is 1. The molecule has 2 rings (SSSR count). The van der Waals surface area contributed by atoms with Gasteiger partial charge in [-0.3, -0.25) is 4.55 Å². The summed E-state index contributed by atoms with van der Waals surface area (Å²) in [4.78, 5) is -0.00332. The third-order valence-corrected chi connectivity index (χ3v) is 5.17. The molecular formula is C19H26O3S. The van der Waals surface area contributed by atoms with Crippen LogP contribution >= 0.6 is 0 Å². The molecule has 0 radical (unpaired) electrons. The van der Waals surface area contributed by atoms with Crippen LogP contribution in [0.4, 0.5) is 0 Å². The molecule has 0 amide bonds. The van der Waals surface area contributed by atoms with E-state index < -0.39 is 10.1 Å². The standard InChI is InChI=1S/C19H26O3S/c1-2-3-4-5-6-7-8-10-16-13-14-17-11-9-12-19(18(17)15-16)23(20,21)22/h9,11-15H,2-8,10H2,1H3,(H,20,21,22). The van der Waals surface area contributed by atoms with Gasteiger partial charge in [-0.25, -0.2) is 0 Å². The van der Waals surface area contributed by atoms with Crippen LogP contribution in [0.5, 0.6) is 0 Å². The molecule has 0 aromatic heterocycles. The lowest BCUT2D eigenvalue weighted by Gasteiger charge is -2.07. The first-order chi connectivity index (χ1) is 11.0. The highest BCUT2D eigenvalue weighted by atomic mass is 32.2. The van der Waals surface area contributed by atoms with Crippen LogP contribution in [0.15, 0.2) is 41.3 Å². The summed E-state index contributed by atoms with van der Waals surface area (Å²) in [5, 5.41) is 1.44. The first-order valence-electron chi connectivity index (χ1n) is 8.51. The molecule has 0 fully saturated rings. The summed E-state index contributed by atoms with van der Waals surface area (Å²) in [6, 6.07) is 10.8. The van der Waals surface area contributed by atoms with E-state index in [0.717, 1.165) is 23.8 Å². The Morgan fingerprint density at radius 3 is 2.30 bits per heavy atom. The Labute approximate surface area is 139 Å². The summed E-state index contributed by atoms with van der Waals surface area (Å²) in [6.07, 6.45) is 9.76. The normalized spacial score (nSPS) is 11.9. The van der Waals surface area contributed by atoms with Crippen LogP contribution in [0.2, 0.25) is 0 Å². The van der Waals surface area contributed by atoms with Gasteiger partial charge in [-0.1, -0.05) is 69.7 Å². The van der Waals surface area contributed by atoms with E-state index >= 15 is 0 Å². The molecule has 1 N–H and O–H groups in total. The maximum atomic E-state index is 11.5. The Morgan fingerprint density at radius 1 is 0.913 bits per heavy atom. The minimum absolute atomic E-state index is 0.00332. The second kappa shape index (κ2) is 8.46. The summed E-state index contributed by atoms with van der Waals surface area (Å²) in [7, 11) is -4.18. The van der Waals surface area contributed by atoms with Gasteiger partial charge in [0.25, 0.3) is 10.1 Å². The van der Waals surface area contributed by atoms with Crippen LogP contribution in [0.3, 0.4) is 0 Å².